The SMILES string of the molecule is CC(C)(C)c1cc(NS(=O)(=O)c2cccc3cccnc23)cc(C(C)(C)C)c1O. The molecule has 0 saturated heterocycles. The second-order valence-electron chi connectivity index (χ2n) is 9.36. The Morgan fingerprint density at radius 3 is 2.00 bits per heavy atom. The molecule has 5 nitrogen and oxygen atoms in total. The van der Waals surface area contributed by atoms with Crippen molar-refractivity contribution >= 4 is 26.6 Å². The van der Waals surface area contributed by atoms with E-state index in [2.05, 4.69) is 9.71 Å². The Morgan fingerprint density at radius 2 is 1.45 bits per heavy atom. The van der Waals surface area contributed by atoms with E-state index in [1.165, 1.54) is 0 Å². The molecule has 0 fully saturated rings. The molecule has 0 saturated carbocycles. The van der Waals surface area contributed by atoms with Crippen molar-refractivity contribution in [1.82, 2.24) is 4.98 Å². The molecule has 0 amide bonds. The summed E-state index contributed by atoms with van der Waals surface area (Å²) in [5.74, 6) is 0.208. The minimum absolute atomic E-state index is 0.123. The van der Waals surface area contributed by atoms with Crippen LogP contribution in [0, 0.1) is 0 Å². The number of nitrogens with zero attached hydrogens (tertiary/aromatic N) is 1. The number of phenolic OH excluding ortho intramolecular Hbond substituents is 1. The number of aromatic nitrogens is 1. The third kappa shape index (κ3) is 4.22. The number of fused-ring (bicyclic) bond motifs is 1. The number of rotatable bonds is 3. The van der Waals surface area contributed by atoms with Crippen LogP contribution in [0.2, 0.25) is 0 Å². The van der Waals surface area contributed by atoms with Gasteiger partial charge in [0.05, 0.1) is 5.52 Å². The van der Waals surface area contributed by atoms with E-state index in [9.17, 15) is 13.5 Å². The maximum atomic E-state index is 13.2. The Balaban J connectivity index is 2.16. The predicted octanol–water partition coefficient (Wildman–Crippen LogP) is 5.34. The molecular formula is C23H28N2O3S. The first-order valence-electron chi connectivity index (χ1n) is 9.55. The Bertz CT molecular complexity index is 1130. The molecule has 0 atom stereocenters. The van der Waals surface area contributed by atoms with E-state index in [1.807, 2.05) is 53.7 Å². The third-order valence-corrected chi connectivity index (χ3v) is 6.28. The van der Waals surface area contributed by atoms with Crippen molar-refractivity contribution in [1.29, 1.82) is 0 Å². The van der Waals surface area contributed by atoms with Crippen LogP contribution in [-0.4, -0.2) is 18.5 Å². The van der Waals surface area contributed by atoms with Gasteiger partial charge in [-0.25, -0.2) is 8.42 Å². The number of aromatic hydroxyl groups is 1. The number of hydrogen-bond donors (Lipinski definition) is 2. The van der Waals surface area contributed by atoms with Crippen LogP contribution in [0.3, 0.4) is 0 Å². The summed E-state index contributed by atoms with van der Waals surface area (Å²) in [6.07, 6.45) is 1.58. The fraction of sp³-hybridized carbons (Fsp3) is 0.348. The van der Waals surface area contributed by atoms with Crippen molar-refractivity contribution in [3.63, 3.8) is 0 Å². The van der Waals surface area contributed by atoms with E-state index >= 15 is 0 Å². The van der Waals surface area contributed by atoms with Gasteiger partial charge >= 0.3 is 0 Å². The van der Waals surface area contributed by atoms with Crippen LogP contribution in [0.5, 0.6) is 5.75 Å². The smallest absolute Gasteiger partial charge is 0.264 e. The van der Waals surface area contributed by atoms with Gasteiger partial charge in [-0.3, -0.25) is 9.71 Å². The van der Waals surface area contributed by atoms with E-state index in [1.54, 1.807) is 36.5 Å². The Kier molecular flexibility index (Phi) is 5.11. The van der Waals surface area contributed by atoms with E-state index in [0.29, 0.717) is 22.3 Å². The summed E-state index contributed by atoms with van der Waals surface area (Å²) >= 11 is 0. The predicted molar refractivity (Wildman–Crippen MR) is 118 cm³/mol. The van der Waals surface area contributed by atoms with Crippen LogP contribution in [0.25, 0.3) is 10.9 Å². The zero-order valence-corrected chi connectivity index (χ0v) is 18.6. The molecular weight excluding hydrogens is 384 g/mol. The van der Waals surface area contributed by atoms with Crippen LogP contribution >= 0.6 is 0 Å². The Hall–Kier alpha value is -2.60. The zero-order valence-electron chi connectivity index (χ0n) is 17.7. The largest absolute Gasteiger partial charge is 0.507 e. The lowest BCUT2D eigenvalue weighted by Gasteiger charge is -2.28. The molecule has 6 heteroatoms. The van der Waals surface area contributed by atoms with Gasteiger partial charge in [0.25, 0.3) is 10.0 Å². The molecule has 0 aliphatic heterocycles. The summed E-state index contributed by atoms with van der Waals surface area (Å²) in [5.41, 5.74) is 1.52. The van der Waals surface area contributed by atoms with Gasteiger partial charge < -0.3 is 5.11 Å². The second-order valence-corrected chi connectivity index (χ2v) is 11.0. The van der Waals surface area contributed by atoms with Gasteiger partial charge in [0.1, 0.15) is 10.6 Å². The first-order chi connectivity index (χ1) is 13.3. The van der Waals surface area contributed by atoms with Crippen LogP contribution < -0.4 is 4.72 Å². The summed E-state index contributed by atoms with van der Waals surface area (Å²) in [6, 6.07) is 12.1. The standard InChI is InChI=1S/C23H28N2O3S/c1-22(2,3)17-13-16(14-18(21(17)26)23(4,5)6)25-29(27,28)19-11-7-9-15-10-8-12-24-20(15)19/h7-14,25-26H,1-6H3. The number of pyridine rings is 1. The normalized spacial score (nSPS) is 12.9. The maximum Gasteiger partial charge on any atom is 0.264 e. The van der Waals surface area contributed by atoms with E-state index < -0.39 is 10.0 Å². The first kappa shape index (κ1) is 21.1. The molecule has 1 aromatic heterocycles. The Morgan fingerprint density at radius 1 is 0.897 bits per heavy atom. The molecule has 2 N–H and O–H groups in total. The van der Waals surface area contributed by atoms with Gasteiger partial charge in [-0.05, 0) is 35.1 Å². The Labute approximate surface area is 172 Å². The number of para-hydroxylation sites is 1. The van der Waals surface area contributed by atoms with Crippen molar-refractivity contribution in [2.24, 2.45) is 0 Å². The third-order valence-electron chi connectivity index (χ3n) is 4.86. The lowest BCUT2D eigenvalue weighted by atomic mass is 9.79. The molecule has 154 valence electrons. The van der Waals surface area contributed by atoms with Gasteiger partial charge in [-0.2, -0.15) is 0 Å². The number of hydrogen-bond acceptors (Lipinski definition) is 4. The average Bonchev–Trinajstić information content (AvgIpc) is 2.60. The van der Waals surface area contributed by atoms with Crippen molar-refractivity contribution in [3.05, 3.63) is 59.8 Å². The molecule has 0 spiro atoms. The van der Waals surface area contributed by atoms with Gasteiger partial charge in [-0.15, -0.1) is 0 Å². The monoisotopic (exact) mass is 412 g/mol. The molecule has 0 aliphatic rings. The quantitative estimate of drug-likeness (QED) is 0.569. The fourth-order valence-electron chi connectivity index (χ4n) is 3.34. The number of nitrogens with one attached hydrogen (secondary N) is 1. The molecule has 0 unspecified atom stereocenters. The van der Waals surface area contributed by atoms with Crippen LogP contribution in [0.1, 0.15) is 52.7 Å². The fourth-order valence-corrected chi connectivity index (χ4v) is 4.56. The highest BCUT2D eigenvalue weighted by atomic mass is 32.2. The van der Waals surface area contributed by atoms with Gasteiger partial charge in [0, 0.05) is 28.4 Å². The number of benzene rings is 2. The van der Waals surface area contributed by atoms with Gasteiger partial charge in [-0.1, -0.05) is 59.7 Å². The summed E-state index contributed by atoms with van der Waals surface area (Å²) in [6.45, 7) is 11.9. The summed E-state index contributed by atoms with van der Waals surface area (Å²) in [4.78, 5) is 4.38. The first-order valence-corrected chi connectivity index (χ1v) is 11.0. The summed E-state index contributed by atoms with van der Waals surface area (Å²) < 4.78 is 29.1. The van der Waals surface area contributed by atoms with E-state index in [4.69, 9.17) is 0 Å². The molecule has 1 heterocycles. The molecule has 2 aromatic carbocycles. The van der Waals surface area contributed by atoms with Gasteiger partial charge in [0.2, 0.25) is 0 Å². The van der Waals surface area contributed by atoms with Gasteiger partial charge in [0.15, 0.2) is 0 Å². The molecule has 0 aliphatic carbocycles. The highest BCUT2D eigenvalue weighted by Crippen LogP contribution is 2.41. The lowest BCUT2D eigenvalue weighted by molar-refractivity contribution is 0.423. The number of sulfonamides is 1. The summed E-state index contributed by atoms with van der Waals surface area (Å²) in [7, 11) is -3.87. The lowest BCUT2D eigenvalue weighted by Crippen LogP contribution is -2.20. The number of anilines is 1. The molecule has 29 heavy (non-hydrogen) atoms. The summed E-state index contributed by atoms with van der Waals surface area (Å²) in [5, 5.41) is 11.6. The van der Waals surface area contributed by atoms with Crippen molar-refractivity contribution in [3.8, 4) is 5.75 Å². The van der Waals surface area contributed by atoms with Crippen LogP contribution in [0.4, 0.5) is 5.69 Å². The minimum Gasteiger partial charge on any atom is -0.507 e. The van der Waals surface area contributed by atoms with E-state index in [0.717, 1.165) is 5.39 Å². The average molecular weight is 413 g/mol. The van der Waals surface area contributed by atoms with Crippen molar-refractivity contribution < 1.29 is 13.5 Å². The molecule has 3 aromatic rings. The number of phenols is 1. The molecule has 0 radical (unpaired) electrons. The molecule has 3 rings (SSSR count). The van der Waals surface area contributed by atoms with E-state index in [-0.39, 0.29) is 21.5 Å². The van der Waals surface area contributed by atoms with Crippen molar-refractivity contribution in [2.45, 2.75) is 57.3 Å². The minimum atomic E-state index is -3.87. The second kappa shape index (κ2) is 7.02. The van der Waals surface area contributed by atoms with Crippen LogP contribution in [-0.2, 0) is 20.9 Å². The maximum absolute atomic E-state index is 13.2. The molecule has 0 bridgehead atoms. The zero-order chi connectivity index (χ0) is 21.6. The van der Waals surface area contributed by atoms with Crippen LogP contribution in [0.15, 0.2) is 53.6 Å². The topological polar surface area (TPSA) is 79.3 Å². The highest BCUT2D eigenvalue weighted by molar-refractivity contribution is 7.93. The highest BCUT2D eigenvalue weighted by Gasteiger charge is 2.28. The van der Waals surface area contributed by atoms with Crippen molar-refractivity contribution in [2.75, 3.05) is 4.72 Å².